The van der Waals surface area contributed by atoms with Crippen molar-refractivity contribution in [2.24, 2.45) is 0 Å². The summed E-state index contributed by atoms with van der Waals surface area (Å²) >= 11 is 0. The molecule has 136 valence electrons. The summed E-state index contributed by atoms with van der Waals surface area (Å²) in [5.74, 6) is -1.15. The Morgan fingerprint density at radius 1 is 1.30 bits per heavy atom. The number of esters is 1. The van der Waals surface area contributed by atoms with Crippen molar-refractivity contribution < 1.29 is 19.0 Å². The quantitative estimate of drug-likeness (QED) is 0.523. The predicted molar refractivity (Wildman–Crippen MR) is 94.5 cm³/mol. The molecular weight excluding hydrogens is 351 g/mol. The van der Waals surface area contributed by atoms with Gasteiger partial charge in [0.2, 0.25) is 0 Å². The number of carbonyl (C=O) groups excluding carboxylic acids is 1. The molecule has 3 aromatic rings. The third kappa shape index (κ3) is 2.06. The molecule has 0 radical (unpaired) electrons. The van der Waals surface area contributed by atoms with E-state index < -0.39 is 11.6 Å². The normalized spacial score (nSPS) is 20.2. The first-order valence-corrected chi connectivity index (χ1v) is 8.68. The van der Waals surface area contributed by atoms with E-state index in [9.17, 15) is 19.1 Å². The monoisotopic (exact) mass is 366 g/mol. The molecule has 0 amide bonds. The fraction of sp³-hybridized carbons (Fsp3) is 0.250. The second-order valence-corrected chi connectivity index (χ2v) is 6.94. The molecule has 1 N–H and O–H groups in total. The van der Waals surface area contributed by atoms with E-state index >= 15 is 0 Å². The van der Waals surface area contributed by atoms with Gasteiger partial charge in [-0.3, -0.25) is 4.79 Å². The van der Waals surface area contributed by atoms with Crippen LogP contribution in [0.2, 0.25) is 0 Å². The average molecular weight is 366 g/mol. The summed E-state index contributed by atoms with van der Waals surface area (Å²) in [4.78, 5) is 29.7. The van der Waals surface area contributed by atoms with Gasteiger partial charge < -0.3 is 14.4 Å². The molecule has 2 aliphatic rings. The number of cyclic esters (lactones) is 1. The maximum atomic E-state index is 13.6. The Morgan fingerprint density at radius 3 is 2.89 bits per heavy atom. The summed E-state index contributed by atoms with van der Waals surface area (Å²) in [5.41, 5.74) is 0.784. The van der Waals surface area contributed by atoms with Gasteiger partial charge in [-0.25, -0.2) is 14.2 Å². The molecule has 4 heterocycles. The maximum Gasteiger partial charge on any atom is 0.343 e. The van der Waals surface area contributed by atoms with Gasteiger partial charge in [-0.05, 0) is 30.7 Å². The number of halogens is 1. The summed E-state index contributed by atoms with van der Waals surface area (Å²) in [6, 6.07) is 7.89. The van der Waals surface area contributed by atoms with Crippen molar-refractivity contribution in [3.05, 3.63) is 63.2 Å². The van der Waals surface area contributed by atoms with Gasteiger partial charge in [0.1, 0.15) is 12.4 Å². The number of benzene rings is 1. The number of carbonyl (C=O) groups is 1. The Bertz CT molecular complexity index is 1220. The van der Waals surface area contributed by atoms with Crippen LogP contribution in [0.1, 0.15) is 30.0 Å². The Kier molecular flexibility index (Phi) is 3.13. The van der Waals surface area contributed by atoms with Gasteiger partial charge in [-0.2, -0.15) is 0 Å². The van der Waals surface area contributed by atoms with Crippen LogP contribution in [0.4, 0.5) is 4.39 Å². The van der Waals surface area contributed by atoms with Crippen LogP contribution in [0.5, 0.6) is 0 Å². The molecule has 0 fully saturated rings. The molecule has 27 heavy (non-hydrogen) atoms. The van der Waals surface area contributed by atoms with Gasteiger partial charge in [0.25, 0.3) is 5.56 Å². The lowest BCUT2D eigenvalue weighted by molar-refractivity contribution is -0.172. The van der Waals surface area contributed by atoms with E-state index in [0.29, 0.717) is 23.4 Å². The van der Waals surface area contributed by atoms with Gasteiger partial charge in [-0.1, -0.05) is 6.92 Å². The number of nitrogens with zero attached hydrogens (tertiary/aromatic N) is 2. The van der Waals surface area contributed by atoms with E-state index in [4.69, 9.17) is 4.74 Å². The average Bonchev–Trinajstić information content (AvgIpc) is 3.01. The molecule has 2 aliphatic heterocycles. The SMILES string of the molecule is CC[C@@]1(O)C(=O)OCc2c1cc1n(c2=O)Cc2cc3ccc(F)cc3nc2-1. The number of fused-ring (bicyclic) bond motifs is 5. The molecule has 1 aromatic carbocycles. The van der Waals surface area contributed by atoms with E-state index in [1.165, 1.54) is 12.1 Å². The van der Waals surface area contributed by atoms with Crippen molar-refractivity contribution in [3.63, 3.8) is 0 Å². The number of ether oxygens (including phenoxy) is 1. The molecule has 0 saturated carbocycles. The maximum absolute atomic E-state index is 13.6. The molecule has 2 aromatic heterocycles. The van der Waals surface area contributed by atoms with E-state index in [1.807, 2.05) is 6.07 Å². The van der Waals surface area contributed by atoms with Gasteiger partial charge in [0, 0.05) is 22.6 Å². The highest BCUT2D eigenvalue weighted by Crippen LogP contribution is 2.38. The van der Waals surface area contributed by atoms with Crippen molar-refractivity contribution in [3.8, 4) is 11.4 Å². The topological polar surface area (TPSA) is 81.4 Å². The summed E-state index contributed by atoms with van der Waals surface area (Å²) in [6.45, 7) is 1.83. The third-order valence-electron chi connectivity index (χ3n) is 5.47. The predicted octanol–water partition coefficient (Wildman–Crippen LogP) is 2.22. The molecule has 1 atom stereocenters. The lowest BCUT2D eigenvalue weighted by Crippen LogP contribution is -2.44. The van der Waals surface area contributed by atoms with Gasteiger partial charge >= 0.3 is 5.97 Å². The van der Waals surface area contributed by atoms with Crippen LogP contribution in [0, 0.1) is 5.82 Å². The smallest absolute Gasteiger partial charge is 0.343 e. The number of hydrogen-bond donors (Lipinski definition) is 1. The lowest BCUT2D eigenvalue weighted by Gasteiger charge is -2.31. The number of hydrogen-bond acceptors (Lipinski definition) is 5. The van der Waals surface area contributed by atoms with Crippen LogP contribution >= 0.6 is 0 Å². The summed E-state index contributed by atoms with van der Waals surface area (Å²) in [7, 11) is 0. The minimum atomic E-state index is -1.85. The fourth-order valence-corrected chi connectivity index (χ4v) is 3.95. The number of aliphatic hydroxyl groups is 1. The van der Waals surface area contributed by atoms with Crippen molar-refractivity contribution in [2.75, 3.05) is 0 Å². The Balaban J connectivity index is 1.80. The number of rotatable bonds is 1. The summed E-state index contributed by atoms with van der Waals surface area (Å²) in [6.07, 6.45) is 0.0882. The zero-order valence-corrected chi connectivity index (χ0v) is 14.5. The highest BCUT2D eigenvalue weighted by atomic mass is 19.1. The first-order valence-electron chi connectivity index (χ1n) is 8.68. The highest BCUT2D eigenvalue weighted by molar-refractivity contribution is 5.86. The van der Waals surface area contributed by atoms with E-state index in [2.05, 4.69) is 4.98 Å². The minimum absolute atomic E-state index is 0.0882. The highest BCUT2D eigenvalue weighted by Gasteiger charge is 2.45. The van der Waals surface area contributed by atoms with Crippen molar-refractivity contribution in [1.82, 2.24) is 9.55 Å². The largest absolute Gasteiger partial charge is 0.458 e. The van der Waals surface area contributed by atoms with E-state index in [0.717, 1.165) is 10.9 Å². The van der Waals surface area contributed by atoms with Crippen molar-refractivity contribution >= 4 is 16.9 Å². The van der Waals surface area contributed by atoms with Gasteiger partial charge in [0.05, 0.1) is 29.0 Å². The molecule has 7 heteroatoms. The van der Waals surface area contributed by atoms with Crippen LogP contribution in [0.3, 0.4) is 0 Å². The Hall–Kier alpha value is -3.06. The van der Waals surface area contributed by atoms with Crippen molar-refractivity contribution in [2.45, 2.75) is 32.1 Å². The molecule has 0 spiro atoms. The van der Waals surface area contributed by atoms with Gasteiger partial charge in [0.15, 0.2) is 5.60 Å². The number of aromatic nitrogens is 2. The second kappa shape index (κ2) is 5.23. The fourth-order valence-electron chi connectivity index (χ4n) is 3.95. The molecule has 6 nitrogen and oxygen atoms in total. The Labute approximate surface area is 152 Å². The number of pyridine rings is 2. The molecule has 5 rings (SSSR count). The first-order chi connectivity index (χ1) is 12.9. The molecule has 0 aliphatic carbocycles. The third-order valence-corrected chi connectivity index (χ3v) is 5.47. The van der Waals surface area contributed by atoms with Crippen LogP contribution in [-0.4, -0.2) is 20.6 Å². The Morgan fingerprint density at radius 2 is 2.11 bits per heavy atom. The minimum Gasteiger partial charge on any atom is -0.458 e. The lowest BCUT2D eigenvalue weighted by atomic mass is 9.86. The van der Waals surface area contributed by atoms with Crippen LogP contribution < -0.4 is 5.56 Å². The second-order valence-electron chi connectivity index (χ2n) is 6.94. The summed E-state index contributed by atoms with van der Waals surface area (Å²) in [5, 5.41) is 11.6. The van der Waals surface area contributed by atoms with E-state index in [1.54, 1.807) is 23.6 Å². The van der Waals surface area contributed by atoms with Crippen LogP contribution in [0.15, 0.2) is 35.1 Å². The van der Waals surface area contributed by atoms with Crippen LogP contribution in [0.25, 0.3) is 22.3 Å². The standard InChI is InChI=1S/C20H15FN2O4/c1-2-20(26)14-7-16-17-11(5-10-3-4-12(21)6-15(10)22-17)8-23(16)18(24)13(14)9-27-19(20)25/h3-7,26H,2,8-9H2,1H3/t20-/m0/s1. The van der Waals surface area contributed by atoms with Gasteiger partial charge in [-0.15, -0.1) is 0 Å². The van der Waals surface area contributed by atoms with Crippen LogP contribution in [-0.2, 0) is 28.3 Å². The first kappa shape index (κ1) is 16.1. The van der Waals surface area contributed by atoms with Crippen molar-refractivity contribution in [1.29, 1.82) is 0 Å². The van der Waals surface area contributed by atoms with E-state index in [-0.39, 0.29) is 35.5 Å². The molecule has 0 unspecified atom stereocenters. The summed E-state index contributed by atoms with van der Waals surface area (Å²) < 4.78 is 20.2. The zero-order chi connectivity index (χ0) is 18.9. The zero-order valence-electron chi connectivity index (χ0n) is 14.5. The molecular formula is C20H15FN2O4. The molecule has 0 bridgehead atoms. The molecule has 0 saturated heterocycles.